The molecule has 0 aromatic carbocycles. The molecular weight excluding hydrogens is 234 g/mol. The van der Waals surface area contributed by atoms with Gasteiger partial charge in [-0.25, -0.2) is 4.98 Å². The van der Waals surface area contributed by atoms with E-state index in [1.54, 1.807) is 0 Å². The summed E-state index contributed by atoms with van der Waals surface area (Å²) in [4.78, 5) is 4.93. The monoisotopic (exact) mass is 263 g/mol. The van der Waals surface area contributed by atoms with Crippen LogP contribution in [0.2, 0.25) is 0 Å². The van der Waals surface area contributed by atoms with E-state index in [1.807, 2.05) is 0 Å². The molecule has 0 radical (unpaired) electrons. The zero-order chi connectivity index (χ0) is 14.0. The summed E-state index contributed by atoms with van der Waals surface area (Å²) in [7, 11) is 0. The van der Waals surface area contributed by atoms with Crippen molar-refractivity contribution >= 4 is 0 Å². The predicted molar refractivity (Wildman–Crippen MR) is 80.3 cm³/mol. The number of fused-ring (bicyclic) bond motifs is 1. The summed E-state index contributed by atoms with van der Waals surface area (Å²) in [6.07, 6.45) is 3.45. The van der Waals surface area contributed by atoms with Crippen molar-refractivity contribution in [1.29, 1.82) is 0 Å². The van der Waals surface area contributed by atoms with Crippen LogP contribution in [0, 0.1) is 11.8 Å². The smallest absolute Gasteiger partial charge is 0.109 e. The van der Waals surface area contributed by atoms with Crippen molar-refractivity contribution < 1.29 is 0 Å². The molecule has 0 bridgehead atoms. The second-order valence-corrected chi connectivity index (χ2v) is 6.44. The highest BCUT2D eigenvalue weighted by atomic mass is 15.1. The first-order valence-electron chi connectivity index (χ1n) is 7.84. The third-order valence-corrected chi connectivity index (χ3v) is 4.46. The van der Waals surface area contributed by atoms with Gasteiger partial charge in [0.2, 0.25) is 0 Å². The standard InChI is InChI=1S/C16H29N3/c1-6-12(4)13(5)19-15-7-8-17-10-14(15)18-16(19)9-11(2)3/h11-13,17H,6-10H2,1-5H3. The molecule has 2 unspecified atom stereocenters. The number of aromatic nitrogens is 2. The van der Waals surface area contributed by atoms with E-state index in [2.05, 4.69) is 44.5 Å². The Bertz CT molecular complexity index is 420. The maximum Gasteiger partial charge on any atom is 0.109 e. The zero-order valence-electron chi connectivity index (χ0n) is 13.2. The maximum absolute atomic E-state index is 4.93. The van der Waals surface area contributed by atoms with Gasteiger partial charge in [-0.3, -0.25) is 0 Å². The van der Waals surface area contributed by atoms with Gasteiger partial charge in [0.15, 0.2) is 0 Å². The van der Waals surface area contributed by atoms with Gasteiger partial charge < -0.3 is 9.88 Å². The number of hydrogen-bond acceptors (Lipinski definition) is 2. The molecule has 0 saturated carbocycles. The molecule has 1 aromatic rings. The summed E-state index contributed by atoms with van der Waals surface area (Å²) >= 11 is 0. The average molecular weight is 263 g/mol. The summed E-state index contributed by atoms with van der Waals surface area (Å²) in [5, 5.41) is 3.44. The molecule has 108 valence electrons. The van der Waals surface area contributed by atoms with Crippen LogP contribution < -0.4 is 5.32 Å². The molecular formula is C16H29N3. The van der Waals surface area contributed by atoms with Crippen LogP contribution in [-0.2, 0) is 19.4 Å². The van der Waals surface area contributed by atoms with Gasteiger partial charge in [0.25, 0.3) is 0 Å². The Hall–Kier alpha value is -0.830. The molecule has 0 fully saturated rings. The van der Waals surface area contributed by atoms with Crippen LogP contribution in [0.1, 0.15) is 64.3 Å². The van der Waals surface area contributed by atoms with Gasteiger partial charge >= 0.3 is 0 Å². The van der Waals surface area contributed by atoms with E-state index in [4.69, 9.17) is 4.98 Å². The minimum absolute atomic E-state index is 0.563. The van der Waals surface area contributed by atoms with E-state index in [-0.39, 0.29) is 0 Å². The fourth-order valence-corrected chi connectivity index (χ4v) is 2.97. The lowest BCUT2D eigenvalue weighted by molar-refractivity contribution is 0.348. The van der Waals surface area contributed by atoms with E-state index in [9.17, 15) is 0 Å². The molecule has 1 aliphatic rings. The highest BCUT2D eigenvalue weighted by molar-refractivity contribution is 5.21. The number of nitrogens with one attached hydrogen (secondary N) is 1. The van der Waals surface area contributed by atoms with Crippen molar-refractivity contribution in [2.24, 2.45) is 11.8 Å². The third kappa shape index (κ3) is 3.02. The Morgan fingerprint density at radius 3 is 2.63 bits per heavy atom. The van der Waals surface area contributed by atoms with E-state index < -0.39 is 0 Å². The van der Waals surface area contributed by atoms with Gasteiger partial charge in [0, 0.05) is 37.7 Å². The summed E-state index contributed by atoms with van der Waals surface area (Å²) < 4.78 is 2.56. The van der Waals surface area contributed by atoms with Crippen LogP contribution in [-0.4, -0.2) is 16.1 Å². The fraction of sp³-hybridized carbons (Fsp3) is 0.812. The lowest BCUT2D eigenvalue weighted by atomic mass is 9.99. The summed E-state index contributed by atoms with van der Waals surface area (Å²) in [6.45, 7) is 13.6. The van der Waals surface area contributed by atoms with Gasteiger partial charge in [-0.2, -0.15) is 0 Å². The van der Waals surface area contributed by atoms with E-state index in [1.165, 1.54) is 23.6 Å². The second kappa shape index (κ2) is 6.08. The average Bonchev–Trinajstić information content (AvgIpc) is 2.73. The molecule has 1 aromatic heterocycles. The van der Waals surface area contributed by atoms with Gasteiger partial charge in [0.05, 0.1) is 5.69 Å². The molecule has 2 heterocycles. The fourth-order valence-electron chi connectivity index (χ4n) is 2.97. The van der Waals surface area contributed by atoms with Crippen molar-refractivity contribution in [3.8, 4) is 0 Å². The molecule has 2 rings (SSSR count). The lowest BCUT2D eigenvalue weighted by Crippen LogP contribution is -2.27. The Kier molecular flexibility index (Phi) is 4.67. The number of hydrogen-bond donors (Lipinski definition) is 1. The third-order valence-electron chi connectivity index (χ3n) is 4.46. The van der Waals surface area contributed by atoms with Gasteiger partial charge in [-0.15, -0.1) is 0 Å². The number of nitrogens with zero attached hydrogens (tertiary/aromatic N) is 2. The van der Waals surface area contributed by atoms with Crippen LogP contribution in [0.3, 0.4) is 0 Å². The van der Waals surface area contributed by atoms with Gasteiger partial charge in [-0.05, 0) is 18.8 Å². The molecule has 0 saturated heterocycles. The minimum Gasteiger partial charge on any atom is -0.329 e. The molecule has 2 atom stereocenters. The van der Waals surface area contributed by atoms with Crippen molar-refractivity contribution in [3.05, 3.63) is 17.2 Å². The summed E-state index contributed by atoms with van der Waals surface area (Å²) in [6, 6.07) is 0.563. The first-order chi connectivity index (χ1) is 9.04. The molecule has 0 spiro atoms. The normalized spacial score (nSPS) is 18.4. The van der Waals surface area contributed by atoms with Crippen molar-refractivity contribution in [1.82, 2.24) is 14.9 Å². The second-order valence-electron chi connectivity index (χ2n) is 6.44. The SMILES string of the molecule is CCC(C)C(C)n1c(CC(C)C)nc2c1CCNC2. The number of imidazole rings is 1. The zero-order valence-corrected chi connectivity index (χ0v) is 13.2. The highest BCUT2D eigenvalue weighted by Crippen LogP contribution is 2.28. The lowest BCUT2D eigenvalue weighted by Gasteiger charge is -2.26. The quantitative estimate of drug-likeness (QED) is 0.883. The van der Waals surface area contributed by atoms with E-state index >= 15 is 0 Å². The topological polar surface area (TPSA) is 29.9 Å². The first-order valence-corrected chi connectivity index (χ1v) is 7.84. The van der Waals surface area contributed by atoms with Crippen LogP contribution in [0.5, 0.6) is 0 Å². The van der Waals surface area contributed by atoms with Crippen LogP contribution in [0.4, 0.5) is 0 Å². The Labute approximate surface area is 117 Å². The van der Waals surface area contributed by atoms with Crippen LogP contribution in [0.15, 0.2) is 0 Å². The van der Waals surface area contributed by atoms with Gasteiger partial charge in [0.1, 0.15) is 5.82 Å². The Morgan fingerprint density at radius 2 is 2.00 bits per heavy atom. The van der Waals surface area contributed by atoms with E-state index in [0.29, 0.717) is 17.9 Å². The van der Waals surface area contributed by atoms with Crippen molar-refractivity contribution in [2.45, 2.75) is 66.5 Å². The summed E-state index contributed by atoms with van der Waals surface area (Å²) in [5.41, 5.74) is 2.78. The maximum atomic E-state index is 4.93. The van der Waals surface area contributed by atoms with Gasteiger partial charge in [-0.1, -0.05) is 34.1 Å². The number of rotatable bonds is 5. The van der Waals surface area contributed by atoms with E-state index in [0.717, 1.165) is 25.9 Å². The largest absolute Gasteiger partial charge is 0.329 e. The predicted octanol–water partition coefficient (Wildman–Crippen LogP) is 3.33. The Balaban J connectivity index is 2.39. The van der Waals surface area contributed by atoms with Crippen LogP contribution >= 0.6 is 0 Å². The summed E-state index contributed by atoms with van der Waals surface area (Å²) in [5.74, 6) is 2.68. The molecule has 0 aliphatic carbocycles. The van der Waals surface area contributed by atoms with Crippen molar-refractivity contribution in [3.63, 3.8) is 0 Å². The van der Waals surface area contributed by atoms with Crippen molar-refractivity contribution in [2.75, 3.05) is 6.54 Å². The molecule has 3 nitrogen and oxygen atoms in total. The molecule has 19 heavy (non-hydrogen) atoms. The Morgan fingerprint density at radius 1 is 1.26 bits per heavy atom. The van der Waals surface area contributed by atoms with Crippen LogP contribution in [0.25, 0.3) is 0 Å². The molecule has 1 aliphatic heterocycles. The first kappa shape index (κ1) is 14.6. The molecule has 3 heteroatoms. The highest BCUT2D eigenvalue weighted by Gasteiger charge is 2.25. The minimum atomic E-state index is 0.563. The molecule has 0 amide bonds. The molecule has 1 N–H and O–H groups in total.